The summed E-state index contributed by atoms with van der Waals surface area (Å²) in [7, 11) is 0. The van der Waals surface area contributed by atoms with Gasteiger partial charge in [0, 0.05) is 13.1 Å². The SMILES string of the molecule is CCC1CN(C(N)=O)CC1C. The lowest BCUT2D eigenvalue weighted by Gasteiger charge is -2.11. The smallest absolute Gasteiger partial charge is 0.314 e. The Morgan fingerprint density at radius 2 is 2.27 bits per heavy atom. The lowest BCUT2D eigenvalue weighted by Crippen LogP contribution is -2.33. The van der Waals surface area contributed by atoms with E-state index in [9.17, 15) is 4.79 Å². The molecule has 0 radical (unpaired) electrons. The molecule has 0 aliphatic carbocycles. The third-order valence-corrected chi connectivity index (χ3v) is 2.60. The average molecular weight is 156 g/mol. The second-order valence-electron chi connectivity index (χ2n) is 3.39. The van der Waals surface area contributed by atoms with Crippen LogP contribution < -0.4 is 5.73 Å². The van der Waals surface area contributed by atoms with Crippen molar-refractivity contribution in [3.63, 3.8) is 0 Å². The molecule has 3 nitrogen and oxygen atoms in total. The van der Waals surface area contributed by atoms with Gasteiger partial charge in [-0.2, -0.15) is 0 Å². The van der Waals surface area contributed by atoms with Crippen LogP contribution in [0.4, 0.5) is 4.79 Å². The predicted molar refractivity (Wildman–Crippen MR) is 44.1 cm³/mol. The van der Waals surface area contributed by atoms with Crippen molar-refractivity contribution in [3.8, 4) is 0 Å². The summed E-state index contributed by atoms with van der Waals surface area (Å²) in [6, 6.07) is -0.271. The zero-order valence-corrected chi connectivity index (χ0v) is 7.21. The first kappa shape index (κ1) is 8.37. The molecular weight excluding hydrogens is 140 g/mol. The molecule has 11 heavy (non-hydrogen) atoms. The molecule has 64 valence electrons. The summed E-state index contributed by atoms with van der Waals surface area (Å²) in [5.74, 6) is 1.27. The molecule has 2 amide bonds. The van der Waals surface area contributed by atoms with Crippen molar-refractivity contribution >= 4 is 6.03 Å². The van der Waals surface area contributed by atoms with Crippen LogP contribution in [0.15, 0.2) is 0 Å². The number of hydrogen-bond donors (Lipinski definition) is 1. The normalized spacial score (nSPS) is 30.9. The van der Waals surface area contributed by atoms with E-state index in [1.165, 1.54) is 0 Å². The van der Waals surface area contributed by atoms with E-state index in [4.69, 9.17) is 5.73 Å². The Bertz CT molecular complexity index is 158. The first-order chi connectivity index (χ1) is 5.15. The largest absolute Gasteiger partial charge is 0.351 e. The van der Waals surface area contributed by atoms with Gasteiger partial charge in [-0.25, -0.2) is 4.79 Å². The topological polar surface area (TPSA) is 46.3 Å². The van der Waals surface area contributed by atoms with Gasteiger partial charge in [-0.3, -0.25) is 0 Å². The number of likely N-dealkylation sites (tertiary alicyclic amines) is 1. The number of rotatable bonds is 1. The number of amides is 2. The molecule has 1 aliphatic rings. The number of primary amides is 1. The number of carbonyl (C=O) groups is 1. The maximum absolute atomic E-state index is 10.8. The van der Waals surface area contributed by atoms with Gasteiger partial charge in [0.15, 0.2) is 0 Å². The monoisotopic (exact) mass is 156 g/mol. The van der Waals surface area contributed by atoms with Gasteiger partial charge in [0.05, 0.1) is 0 Å². The third-order valence-electron chi connectivity index (χ3n) is 2.60. The molecular formula is C8H16N2O. The van der Waals surface area contributed by atoms with Crippen molar-refractivity contribution in [3.05, 3.63) is 0 Å². The Morgan fingerprint density at radius 3 is 2.55 bits per heavy atom. The van der Waals surface area contributed by atoms with E-state index in [0.717, 1.165) is 19.5 Å². The molecule has 1 rings (SSSR count). The minimum atomic E-state index is -0.271. The number of hydrogen-bond acceptors (Lipinski definition) is 1. The van der Waals surface area contributed by atoms with Crippen molar-refractivity contribution < 1.29 is 4.79 Å². The molecule has 3 heteroatoms. The maximum Gasteiger partial charge on any atom is 0.314 e. The molecule has 1 heterocycles. The lowest BCUT2D eigenvalue weighted by molar-refractivity contribution is 0.216. The number of nitrogens with zero attached hydrogens (tertiary/aromatic N) is 1. The van der Waals surface area contributed by atoms with E-state index >= 15 is 0 Å². The van der Waals surface area contributed by atoms with E-state index in [1.807, 2.05) is 0 Å². The van der Waals surface area contributed by atoms with Crippen LogP contribution >= 0.6 is 0 Å². The van der Waals surface area contributed by atoms with Crippen molar-refractivity contribution in [1.29, 1.82) is 0 Å². The van der Waals surface area contributed by atoms with E-state index in [2.05, 4.69) is 13.8 Å². The van der Waals surface area contributed by atoms with Gasteiger partial charge >= 0.3 is 6.03 Å². The van der Waals surface area contributed by atoms with E-state index < -0.39 is 0 Å². The summed E-state index contributed by atoms with van der Waals surface area (Å²) >= 11 is 0. The first-order valence-corrected chi connectivity index (χ1v) is 4.19. The van der Waals surface area contributed by atoms with Crippen molar-refractivity contribution in [2.45, 2.75) is 20.3 Å². The molecule has 0 saturated carbocycles. The maximum atomic E-state index is 10.8. The van der Waals surface area contributed by atoms with E-state index in [-0.39, 0.29) is 6.03 Å². The highest BCUT2D eigenvalue weighted by Crippen LogP contribution is 2.24. The van der Waals surface area contributed by atoms with E-state index in [1.54, 1.807) is 4.90 Å². The van der Waals surface area contributed by atoms with Gasteiger partial charge < -0.3 is 10.6 Å². The Kier molecular flexibility index (Phi) is 2.37. The van der Waals surface area contributed by atoms with Crippen molar-refractivity contribution in [2.75, 3.05) is 13.1 Å². The van der Waals surface area contributed by atoms with Crippen LogP contribution in [0.1, 0.15) is 20.3 Å². The Balaban J connectivity index is 2.49. The summed E-state index contributed by atoms with van der Waals surface area (Å²) < 4.78 is 0. The number of urea groups is 1. The average Bonchev–Trinajstić information content (AvgIpc) is 2.31. The molecule has 0 bridgehead atoms. The molecule has 1 saturated heterocycles. The standard InChI is InChI=1S/C8H16N2O/c1-3-7-5-10(8(9)11)4-6(7)2/h6-7H,3-5H2,1-2H3,(H2,9,11). The summed E-state index contributed by atoms with van der Waals surface area (Å²) in [6.45, 7) is 6.03. The minimum absolute atomic E-state index is 0.271. The van der Waals surface area contributed by atoms with Gasteiger partial charge in [0.1, 0.15) is 0 Å². The predicted octanol–water partition coefficient (Wildman–Crippen LogP) is 1.04. The van der Waals surface area contributed by atoms with Gasteiger partial charge in [0.2, 0.25) is 0 Å². The Morgan fingerprint density at radius 1 is 1.64 bits per heavy atom. The highest BCUT2D eigenvalue weighted by Gasteiger charge is 2.29. The minimum Gasteiger partial charge on any atom is -0.351 e. The number of nitrogens with two attached hydrogens (primary N) is 1. The number of carbonyl (C=O) groups excluding carboxylic acids is 1. The van der Waals surface area contributed by atoms with Gasteiger partial charge in [0.25, 0.3) is 0 Å². The summed E-state index contributed by atoms with van der Waals surface area (Å²) in [5, 5.41) is 0. The fourth-order valence-electron chi connectivity index (χ4n) is 1.75. The fourth-order valence-corrected chi connectivity index (χ4v) is 1.75. The van der Waals surface area contributed by atoms with Gasteiger partial charge in [-0.1, -0.05) is 20.3 Å². The molecule has 1 aliphatic heterocycles. The molecule has 2 atom stereocenters. The van der Waals surface area contributed by atoms with Gasteiger partial charge in [-0.15, -0.1) is 0 Å². The van der Waals surface area contributed by atoms with Crippen LogP contribution in [0.5, 0.6) is 0 Å². The van der Waals surface area contributed by atoms with Crippen molar-refractivity contribution in [1.82, 2.24) is 4.90 Å². The lowest BCUT2D eigenvalue weighted by atomic mass is 9.96. The van der Waals surface area contributed by atoms with Crippen LogP contribution in [-0.4, -0.2) is 24.0 Å². The summed E-state index contributed by atoms with van der Waals surface area (Å²) in [5.41, 5.74) is 5.16. The third kappa shape index (κ3) is 1.64. The van der Waals surface area contributed by atoms with Crippen molar-refractivity contribution in [2.24, 2.45) is 17.6 Å². The van der Waals surface area contributed by atoms with Crippen LogP contribution in [-0.2, 0) is 0 Å². The molecule has 0 aromatic carbocycles. The molecule has 2 unspecified atom stereocenters. The molecule has 2 N–H and O–H groups in total. The van der Waals surface area contributed by atoms with Crippen LogP contribution in [0, 0.1) is 11.8 Å². The highest BCUT2D eigenvalue weighted by molar-refractivity contribution is 5.72. The molecule has 0 spiro atoms. The van der Waals surface area contributed by atoms with Crippen LogP contribution in [0.3, 0.4) is 0 Å². The zero-order chi connectivity index (χ0) is 8.43. The summed E-state index contributed by atoms with van der Waals surface area (Å²) in [4.78, 5) is 12.5. The van der Waals surface area contributed by atoms with Gasteiger partial charge in [-0.05, 0) is 11.8 Å². The highest BCUT2D eigenvalue weighted by atomic mass is 16.2. The summed E-state index contributed by atoms with van der Waals surface area (Å²) in [6.07, 6.45) is 1.14. The Labute approximate surface area is 67.5 Å². The van der Waals surface area contributed by atoms with Crippen LogP contribution in [0.25, 0.3) is 0 Å². The quantitative estimate of drug-likeness (QED) is 0.606. The second kappa shape index (κ2) is 3.11. The fraction of sp³-hybridized carbons (Fsp3) is 0.875. The van der Waals surface area contributed by atoms with E-state index in [0.29, 0.717) is 11.8 Å². The second-order valence-corrected chi connectivity index (χ2v) is 3.39. The van der Waals surface area contributed by atoms with Crippen LogP contribution in [0.2, 0.25) is 0 Å². The molecule has 1 fully saturated rings. The zero-order valence-electron chi connectivity index (χ0n) is 7.21. The molecule has 0 aromatic heterocycles. The molecule has 0 aromatic rings. The first-order valence-electron chi connectivity index (χ1n) is 4.19. The Hall–Kier alpha value is -0.730.